The quantitative estimate of drug-likeness (QED) is 0.525. The highest BCUT2D eigenvalue weighted by atomic mass is 16.5. The predicted octanol–water partition coefficient (Wildman–Crippen LogP) is 3.69. The molecule has 0 aromatic carbocycles. The fourth-order valence-corrected chi connectivity index (χ4v) is 3.19. The van der Waals surface area contributed by atoms with Gasteiger partial charge in [-0.15, -0.1) is 0 Å². The van der Waals surface area contributed by atoms with Crippen LogP contribution < -0.4 is 5.32 Å². The van der Waals surface area contributed by atoms with Gasteiger partial charge >= 0.3 is 0 Å². The molecular formula is C18H38N2O. The SMILES string of the molecule is CCCCCCCCCN1CCC(CNCCOC)CC1. The maximum Gasteiger partial charge on any atom is 0.0587 e. The maximum atomic E-state index is 5.06. The number of ether oxygens (including phenoxy) is 1. The van der Waals surface area contributed by atoms with Gasteiger partial charge in [0.05, 0.1) is 6.61 Å². The molecule has 3 nitrogen and oxygen atoms in total. The van der Waals surface area contributed by atoms with E-state index in [0.717, 1.165) is 19.1 Å². The van der Waals surface area contributed by atoms with Gasteiger partial charge in [-0.1, -0.05) is 45.4 Å². The lowest BCUT2D eigenvalue weighted by Gasteiger charge is -2.32. The molecule has 1 heterocycles. The van der Waals surface area contributed by atoms with Gasteiger partial charge in [-0.25, -0.2) is 0 Å². The maximum absolute atomic E-state index is 5.06. The number of rotatable bonds is 13. The summed E-state index contributed by atoms with van der Waals surface area (Å²) in [6.45, 7) is 9.24. The second-order valence-corrected chi connectivity index (χ2v) is 6.60. The molecule has 1 rings (SSSR count). The van der Waals surface area contributed by atoms with Crippen molar-refractivity contribution in [3.63, 3.8) is 0 Å². The van der Waals surface area contributed by atoms with Crippen molar-refractivity contribution in [3.8, 4) is 0 Å². The molecule has 0 radical (unpaired) electrons. The summed E-state index contributed by atoms with van der Waals surface area (Å²) in [5.41, 5.74) is 0. The Balaban J connectivity index is 1.89. The van der Waals surface area contributed by atoms with Crippen LogP contribution in [-0.2, 0) is 4.74 Å². The van der Waals surface area contributed by atoms with E-state index in [4.69, 9.17) is 4.74 Å². The predicted molar refractivity (Wildman–Crippen MR) is 91.9 cm³/mol. The average Bonchev–Trinajstić information content (AvgIpc) is 2.52. The number of unbranched alkanes of at least 4 members (excludes halogenated alkanes) is 6. The first-order valence-corrected chi connectivity index (χ1v) is 9.28. The molecule has 1 saturated heterocycles. The molecule has 1 aliphatic rings. The monoisotopic (exact) mass is 298 g/mol. The van der Waals surface area contributed by atoms with Crippen LogP contribution >= 0.6 is 0 Å². The van der Waals surface area contributed by atoms with Crippen molar-refractivity contribution in [1.29, 1.82) is 0 Å². The number of nitrogens with zero attached hydrogens (tertiary/aromatic N) is 1. The van der Waals surface area contributed by atoms with Gasteiger partial charge in [0.2, 0.25) is 0 Å². The Morgan fingerprint density at radius 3 is 2.33 bits per heavy atom. The summed E-state index contributed by atoms with van der Waals surface area (Å²) in [6.07, 6.45) is 12.7. The number of nitrogens with one attached hydrogen (secondary N) is 1. The number of piperidine rings is 1. The Morgan fingerprint density at radius 2 is 1.67 bits per heavy atom. The number of methoxy groups -OCH3 is 1. The van der Waals surface area contributed by atoms with Crippen LogP contribution in [0.1, 0.15) is 64.7 Å². The van der Waals surface area contributed by atoms with Gasteiger partial charge in [0, 0.05) is 13.7 Å². The van der Waals surface area contributed by atoms with E-state index in [9.17, 15) is 0 Å². The summed E-state index contributed by atoms with van der Waals surface area (Å²) in [6, 6.07) is 0. The molecule has 0 spiro atoms. The van der Waals surface area contributed by atoms with Crippen LogP contribution in [0.2, 0.25) is 0 Å². The molecule has 0 saturated carbocycles. The van der Waals surface area contributed by atoms with E-state index in [1.807, 2.05) is 0 Å². The molecule has 0 aromatic heterocycles. The molecule has 1 fully saturated rings. The highest BCUT2D eigenvalue weighted by Gasteiger charge is 2.18. The number of likely N-dealkylation sites (tertiary alicyclic amines) is 1. The van der Waals surface area contributed by atoms with Gasteiger partial charge < -0.3 is 15.0 Å². The van der Waals surface area contributed by atoms with Gasteiger partial charge in [0.1, 0.15) is 0 Å². The van der Waals surface area contributed by atoms with Crippen LogP contribution in [0.15, 0.2) is 0 Å². The summed E-state index contributed by atoms with van der Waals surface area (Å²) in [5.74, 6) is 0.882. The van der Waals surface area contributed by atoms with E-state index < -0.39 is 0 Å². The van der Waals surface area contributed by atoms with Gasteiger partial charge in [0.25, 0.3) is 0 Å². The fraction of sp³-hybridized carbons (Fsp3) is 1.00. The van der Waals surface area contributed by atoms with Crippen LogP contribution in [-0.4, -0.2) is 51.3 Å². The first-order chi connectivity index (χ1) is 10.4. The molecular weight excluding hydrogens is 260 g/mol. The zero-order valence-corrected chi connectivity index (χ0v) is 14.5. The van der Waals surface area contributed by atoms with Crippen molar-refractivity contribution in [2.45, 2.75) is 64.7 Å². The zero-order valence-electron chi connectivity index (χ0n) is 14.5. The number of hydrogen-bond acceptors (Lipinski definition) is 3. The minimum atomic E-state index is 0.830. The molecule has 0 bridgehead atoms. The van der Waals surface area contributed by atoms with Crippen LogP contribution in [0.4, 0.5) is 0 Å². The normalized spacial score (nSPS) is 17.4. The minimum Gasteiger partial charge on any atom is -0.383 e. The Morgan fingerprint density at radius 1 is 1.00 bits per heavy atom. The van der Waals surface area contributed by atoms with Gasteiger partial charge in [-0.2, -0.15) is 0 Å². The lowest BCUT2D eigenvalue weighted by Crippen LogP contribution is -2.38. The summed E-state index contributed by atoms with van der Waals surface area (Å²) < 4.78 is 5.06. The van der Waals surface area contributed by atoms with Crippen molar-refractivity contribution >= 4 is 0 Å². The summed E-state index contributed by atoms with van der Waals surface area (Å²) in [4.78, 5) is 2.68. The van der Waals surface area contributed by atoms with Crippen molar-refractivity contribution in [3.05, 3.63) is 0 Å². The van der Waals surface area contributed by atoms with Crippen molar-refractivity contribution in [2.24, 2.45) is 5.92 Å². The van der Waals surface area contributed by atoms with E-state index in [2.05, 4.69) is 17.1 Å². The topological polar surface area (TPSA) is 24.5 Å². The third kappa shape index (κ3) is 10.3. The molecule has 0 atom stereocenters. The third-order valence-electron chi connectivity index (χ3n) is 4.70. The molecule has 3 heteroatoms. The first-order valence-electron chi connectivity index (χ1n) is 9.28. The van der Waals surface area contributed by atoms with E-state index in [1.54, 1.807) is 7.11 Å². The molecule has 126 valence electrons. The van der Waals surface area contributed by atoms with E-state index in [0.29, 0.717) is 0 Å². The van der Waals surface area contributed by atoms with E-state index in [-0.39, 0.29) is 0 Å². The van der Waals surface area contributed by atoms with Crippen LogP contribution in [0.5, 0.6) is 0 Å². The largest absolute Gasteiger partial charge is 0.383 e. The molecule has 21 heavy (non-hydrogen) atoms. The Kier molecular flexibility index (Phi) is 12.2. The Hall–Kier alpha value is -0.120. The van der Waals surface area contributed by atoms with Gasteiger partial charge in [0.15, 0.2) is 0 Å². The lowest BCUT2D eigenvalue weighted by molar-refractivity contribution is 0.171. The van der Waals surface area contributed by atoms with Gasteiger partial charge in [-0.3, -0.25) is 0 Å². The molecule has 1 aliphatic heterocycles. The molecule has 0 unspecified atom stereocenters. The standard InChI is InChI=1S/C18H38N2O/c1-3-4-5-6-7-8-9-13-20-14-10-18(11-15-20)17-19-12-16-21-2/h18-19H,3-17H2,1-2H3. The molecule has 0 aromatic rings. The highest BCUT2D eigenvalue weighted by molar-refractivity contribution is 4.73. The smallest absolute Gasteiger partial charge is 0.0587 e. The second-order valence-electron chi connectivity index (χ2n) is 6.60. The number of hydrogen-bond donors (Lipinski definition) is 1. The molecule has 0 aliphatic carbocycles. The summed E-state index contributed by atoms with van der Waals surface area (Å²) in [5, 5.41) is 3.50. The van der Waals surface area contributed by atoms with E-state index in [1.165, 1.54) is 84.0 Å². The van der Waals surface area contributed by atoms with Gasteiger partial charge in [-0.05, 0) is 51.4 Å². The molecule has 1 N–H and O–H groups in total. The summed E-state index contributed by atoms with van der Waals surface area (Å²) in [7, 11) is 1.77. The summed E-state index contributed by atoms with van der Waals surface area (Å²) >= 11 is 0. The van der Waals surface area contributed by atoms with Crippen molar-refractivity contribution < 1.29 is 4.74 Å². The average molecular weight is 299 g/mol. The Bertz CT molecular complexity index is 213. The van der Waals surface area contributed by atoms with Crippen LogP contribution in [0.25, 0.3) is 0 Å². The van der Waals surface area contributed by atoms with Crippen molar-refractivity contribution in [2.75, 3.05) is 46.4 Å². The second kappa shape index (κ2) is 13.5. The van der Waals surface area contributed by atoms with Crippen LogP contribution in [0, 0.1) is 5.92 Å². The molecule has 0 amide bonds. The minimum absolute atomic E-state index is 0.830. The third-order valence-corrected chi connectivity index (χ3v) is 4.70. The Labute approximate surface area is 132 Å². The highest BCUT2D eigenvalue weighted by Crippen LogP contribution is 2.17. The zero-order chi connectivity index (χ0) is 15.2. The fourth-order valence-electron chi connectivity index (χ4n) is 3.19. The van der Waals surface area contributed by atoms with E-state index >= 15 is 0 Å². The van der Waals surface area contributed by atoms with Crippen molar-refractivity contribution in [1.82, 2.24) is 10.2 Å². The van der Waals surface area contributed by atoms with Crippen LogP contribution in [0.3, 0.4) is 0 Å². The lowest BCUT2D eigenvalue weighted by atomic mass is 9.96. The first kappa shape index (κ1) is 18.9.